The summed E-state index contributed by atoms with van der Waals surface area (Å²) in [6, 6.07) is 1.92. The maximum Gasteiger partial charge on any atom is 0.326 e. The van der Waals surface area contributed by atoms with Crippen LogP contribution < -0.4 is 10.6 Å². The van der Waals surface area contributed by atoms with Gasteiger partial charge in [-0.1, -0.05) is 19.8 Å². The van der Waals surface area contributed by atoms with E-state index >= 15 is 0 Å². The third kappa shape index (κ3) is 4.95. The van der Waals surface area contributed by atoms with Crippen LogP contribution in [0.1, 0.15) is 50.7 Å². The zero-order chi connectivity index (χ0) is 15.1. The average molecular weight is 282 g/mol. The molecule has 0 saturated carbocycles. The van der Waals surface area contributed by atoms with Crippen molar-refractivity contribution in [2.75, 3.05) is 0 Å². The van der Waals surface area contributed by atoms with Crippen molar-refractivity contribution in [2.45, 2.75) is 52.1 Å². The molecule has 6 heteroatoms. The molecule has 1 rings (SSSR count). The summed E-state index contributed by atoms with van der Waals surface area (Å²) in [5, 5.41) is 14.2. The lowest BCUT2D eigenvalue weighted by molar-refractivity contribution is -0.139. The van der Waals surface area contributed by atoms with Gasteiger partial charge < -0.3 is 20.2 Å². The van der Waals surface area contributed by atoms with Crippen LogP contribution in [0.4, 0.5) is 4.79 Å². The molecule has 6 nitrogen and oxygen atoms in total. The monoisotopic (exact) mass is 282 g/mol. The number of urea groups is 1. The van der Waals surface area contributed by atoms with Crippen LogP contribution in [0.3, 0.4) is 0 Å². The van der Waals surface area contributed by atoms with E-state index in [4.69, 9.17) is 9.52 Å². The molecule has 2 amide bonds. The molecule has 112 valence electrons. The SMILES string of the molecule is CCCC[C@H](NC(=O)NC(C)c1ccc(C)o1)C(=O)O. The summed E-state index contributed by atoms with van der Waals surface area (Å²) < 4.78 is 5.40. The van der Waals surface area contributed by atoms with Crippen molar-refractivity contribution >= 4 is 12.0 Å². The molecule has 1 aromatic heterocycles. The molecule has 0 bridgehead atoms. The van der Waals surface area contributed by atoms with E-state index in [0.717, 1.165) is 18.6 Å². The number of hydrogen-bond donors (Lipinski definition) is 3. The van der Waals surface area contributed by atoms with Crippen LogP contribution in [0.15, 0.2) is 16.5 Å². The van der Waals surface area contributed by atoms with Crippen LogP contribution in [0.5, 0.6) is 0 Å². The highest BCUT2D eigenvalue weighted by molar-refractivity contribution is 5.82. The minimum Gasteiger partial charge on any atom is -0.480 e. The van der Waals surface area contributed by atoms with Crippen LogP contribution in [-0.2, 0) is 4.79 Å². The largest absolute Gasteiger partial charge is 0.480 e. The third-order valence-corrected chi connectivity index (χ3v) is 2.99. The highest BCUT2D eigenvalue weighted by atomic mass is 16.4. The molecule has 0 fully saturated rings. The van der Waals surface area contributed by atoms with E-state index in [1.807, 2.05) is 19.9 Å². The summed E-state index contributed by atoms with van der Waals surface area (Å²) in [7, 11) is 0. The summed E-state index contributed by atoms with van der Waals surface area (Å²) >= 11 is 0. The van der Waals surface area contributed by atoms with Gasteiger partial charge in [0.1, 0.15) is 17.6 Å². The normalized spacial score (nSPS) is 13.6. The molecule has 0 aromatic carbocycles. The molecule has 0 radical (unpaired) electrons. The van der Waals surface area contributed by atoms with Crippen molar-refractivity contribution < 1.29 is 19.1 Å². The number of hydrogen-bond acceptors (Lipinski definition) is 3. The van der Waals surface area contributed by atoms with Crippen molar-refractivity contribution in [1.29, 1.82) is 0 Å². The fourth-order valence-electron chi connectivity index (χ4n) is 1.82. The number of amides is 2. The number of carbonyl (C=O) groups excluding carboxylic acids is 1. The van der Waals surface area contributed by atoms with Crippen LogP contribution in [0.25, 0.3) is 0 Å². The van der Waals surface area contributed by atoms with E-state index in [0.29, 0.717) is 12.2 Å². The molecule has 0 aliphatic rings. The number of furan rings is 1. The summed E-state index contributed by atoms with van der Waals surface area (Å²) in [6.45, 7) is 5.57. The molecule has 2 atom stereocenters. The Morgan fingerprint density at radius 2 is 2.05 bits per heavy atom. The second-order valence-corrected chi connectivity index (χ2v) is 4.82. The summed E-state index contributed by atoms with van der Waals surface area (Å²) in [5.41, 5.74) is 0. The Hall–Kier alpha value is -1.98. The minimum absolute atomic E-state index is 0.315. The number of aryl methyl sites for hydroxylation is 1. The van der Waals surface area contributed by atoms with Crippen molar-refractivity contribution in [3.63, 3.8) is 0 Å². The van der Waals surface area contributed by atoms with Crippen molar-refractivity contribution in [2.24, 2.45) is 0 Å². The molecule has 1 aromatic rings. The van der Waals surface area contributed by atoms with Gasteiger partial charge in [0.25, 0.3) is 0 Å². The molecule has 0 saturated heterocycles. The first-order chi connectivity index (χ1) is 9.43. The van der Waals surface area contributed by atoms with E-state index in [2.05, 4.69) is 10.6 Å². The van der Waals surface area contributed by atoms with Crippen molar-refractivity contribution in [3.05, 3.63) is 23.7 Å². The van der Waals surface area contributed by atoms with Crippen LogP contribution >= 0.6 is 0 Å². The van der Waals surface area contributed by atoms with Gasteiger partial charge >= 0.3 is 12.0 Å². The highest BCUT2D eigenvalue weighted by Gasteiger charge is 2.20. The Kier molecular flexibility index (Phi) is 6.09. The van der Waals surface area contributed by atoms with Gasteiger partial charge in [0.2, 0.25) is 0 Å². The predicted molar refractivity (Wildman–Crippen MR) is 74.5 cm³/mol. The molecule has 0 spiro atoms. The number of aliphatic carboxylic acids is 1. The number of carboxylic acid groups (broad SMARTS) is 1. The lowest BCUT2D eigenvalue weighted by Gasteiger charge is -2.17. The van der Waals surface area contributed by atoms with E-state index in [-0.39, 0.29) is 6.04 Å². The molecule has 1 heterocycles. The number of rotatable bonds is 7. The van der Waals surface area contributed by atoms with E-state index in [9.17, 15) is 9.59 Å². The Balaban J connectivity index is 2.50. The number of nitrogens with one attached hydrogen (secondary N) is 2. The molecule has 0 aliphatic carbocycles. The number of carboxylic acids is 1. The molecule has 1 unspecified atom stereocenters. The van der Waals surface area contributed by atoms with Gasteiger partial charge in [0.15, 0.2) is 0 Å². The van der Waals surface area contributed by atoms with E-state index in [1.165, 1.54) is 0 Å². The first-order valence-corrected chi connectivity index (χ1v) is 6.80. The standard InChI is InChI=1S/C14H22N2O4/c1-4-5-6-11(13(17)18)16-14(19)15-10(3)12-8-7-9(2)20-12/h7-8,10-11H,4-6H2,1-3H3,(H,17,18)(H2,15,16,19)/t10?,11-/m0/s1. The van der Waals surface area contributed by atoms with E-state index < -0.39 is 18.0 Å². The fraction of sp³-hybridized carbons (Fsp3) is 0.571. The van der Waals surface area contributed by atoms with E-state index in [1.54, 1.807) is 13.0 Å². The Morgan fingerprint density at radius 1 is 1.35 bits per heavy atom. The molecular weight excluding hydrogens is 260 g/mol. The second-order valence-electron chi connectivity index (χ2n) is 4.82. The topological polar surface area (TPSA) is 91.6 Å². The first kappa shape index (κ1) is 16.1. The third-order valence-electron chi connectivity index (χ3n) is 2.99. The summed E-state index contributed by atoms with van der Waals surface area (Å²) in [5.74, 6) is 0.383. The molecular formula is C14H22N2O4. The smallest absolute Gasteiger partial charge is 0.326 e. The van der Waals surface area contributed by atoms with Crippen molar-refractivity contribution in [3.8, 4) is 0 Å². The highest BCUT2D eigenvalue weighted by Crippen LogP contribution is 2.15. The molecule has 20 heavy (non-hydrogen) atoms. The van der Waals surface area contributed by atoms with Crippen LogP contribution in [0, 0.1) is 6.92 Å². The van der Waals surface area contributed by atoms with Gasteiger partial charge in [0.05, 0.1) is 6.04 Å². The first-order valence-electron chi connectivity index (χ1n) is 6.80. The fourth-order valence-corrected chi connectivity index (χ4v) is 1.82. The number of carbonyl (C=O) groups is 2. The summed E-state index contributed by atoms with van der Waals surface area (Å²) in [6.07, 6.45) is 2.06. The molecule has 3 N–H and O–H groups in total. The van der Waals surface area contributed by atoms with Crippen molar-refractivity contribution in [1.82, 2.24) is 10.6 Å². The zero-order valence-electron chi connectivity index (χ0n) is 12.1. The lowest BCUT2D eigenvalue weighted by atomic mass is 10.1. The number of unbranched alkanes of at least 4 members (excludes halogenated alkanes) is 1. The molecule has 0 aliphatic heterocycles. The van der Waals surface area contributed by atoms with Crippen LogP contribution in [0.2, 0.25) is 0 Å². The lowest BCUT2D eigenvalue weighted by Crippen LogP contribution is -2.46. The van der Waals surface area contributed by atoms with Gasteiger partial charge in [-0.15, -0.1) is 0 Å². The summed E-state index contributed by atoms with van der Waals surface area (Å²) in [4.78, 5) is 22.8. The maximum absolute atomic E-state index is 11.8. The van der Waals surface area contributed by atoms with Gasteiger partial charge in [-0.25, -0.2) is 9.59 Å². The Morgan fingerprint density at radius 3 is 2.55 bits per heavy atom. The quantitative estimate of drug-likeness (QED) is 0.716. The second kappa shape index (κ2) is 7.57. The Labute approximate surface area is 118 Å². The Bertz CT molecular complexity index is 456. The van der Waals surface area contributed by atoms with Gasteiger partial charge in [0, 0.05) is 0 Å². The minimum atomic E-state index is -1.02. The predicted octanol–water partition coefficient (Wildman–Crippen LogP) is 2.59. The average Bonchev–Trinajstić information content (AvgIpc) is 2.80. The van der Waals surface area contributed by atoms with Crippen LogP contribution in [-0.4, -0.2) is 23.1 Å². The zero-order valence-corrected chi connectivity index (χ0v) is 12.1. The maximum atomic E-state index is 11.8. The van der Waals surface area contributed by atoms with Gasteiger partial charge in [-0.3, -0.25) is 0 Å². The van der Waals surface area contributed by atoms with Gasteiger partial charge in [-0.2, -0.15) is 0 Å². The van der Waals surface area contributed by atoms with Gasteiger partial charge in [-0.05, 0) is 32.4 Å².